The van der Waals surface area contributed by atoms with Crippen molar-refractivity contribution >= 4 is 23.2 Å². The molecule has 3 aromatic rings. The fourth-order valence-corrected chi connectivity index (χ4v) is 5.14. The first-order chi connectivity index (χ1) is 17.5. The van der Waals surface area contributed by atoms with E-state index in [2.05, 4.69) is 10.1 Å². The van der Waals surface area contributed by atoms with E-state index in [0.717, 1.165) is 45.7 Å². The lowest BCUT2D eigenvalue weighted by Crippen LogP contribution is -2.25. The van der Waals surface area contributed by atoms with E-state index in [1.807, 2.05) is 39.0 Å². The first kappa shape index (κ1) is 28.2. The number of nitrogens with one attached hydrogen (secondary N) is 1. The van der Waals surface area contributed by atoms with Crippen molar-refractivity contribution in [2.24, 2.45) is 0 Å². The van der Waals surface area contributed by atoms with Crippen LogP contribution in [0.3, 0.4) is 0 Å². The minimum Gasteiger partial charge on any atom is -0.493 e. The summed E-state index contributed by atoms with van der Waals surface area (Å²) in [5, 5.41) is 2.72. The van der Waals surface area contributed by atoms with Crippen molar-refractivity contribution in [1.82, 2.24) is 5.32 Å². The molecule has 37 heavy (non-hydrogen) atoms. The molecule has 0 saturated heterocycles. The van der Waals surface area contributed by atoms with E-state index in [-0.39, 0.29) is 30.8 Å². The maximum atomic E-state index is 12.9. The highest BCUT2D eigenvalue weighted by Crippen LogP contribution is 2.35. The summed E-state index contributed by atoms with van der Waals surface area (Å²) >= 11 is 1.39. The van der Waals surface area contributed by atoms with Gasteiger partial charge in [-0.2, -0.15) is 13.2 Å². The third kappa shape index (κ3) is 7.35. The Bertz CT molecular complexity index is 1210. The summed E-state index contributed by atoms with van der Waals surface area (Å²) in [5.74, 6) is 0.146. The molecule has 198 valence electrons. The Hall–Kier alpha value is -3.33. The van der Waals surface area contributed by atoms with Gasteiger partial charge in [-0.15, -0.1) is 11.3 Å². The third-order valence-corrected chi connectivity index (χ3v) is 7.29. The largest absolute Gasteiger partial charge is 0.493 e. The monoisotopic (exact) mass is 533 g/mol. The number of halogens is 3. The van der Waals surface area contributed by atoms with Crippen LogP contribution >= 0.6 is 11.3 Å². The molecular formula is C28H30F3NO4S. The second-order valence-electron chi connectivity index (χ2n) is 8.71. The first-order valence-corrected chi connectivity index (χ1v) is 12.7. The second kappa shape index (κ2) is 12.3. The van der Waals surface area contributed by atoms with Crippen LogP contribution in [0, 0.1) is 13.8 Å². The number of rotatable bonds is 10. The Labute approximate surface area is 218 Å². The number of amides is 1. The topological polar surface area (TPSA) is 64.6 Å². The molecule has 0 aliphatic rings. The van der Waals surface area contributed by atoms with E-state index in [0.29, 0.717) is 17.2 Å². The summed E-state index contributed by atoms with van der Waals surface area (Å²) in [5.41, 5.74) is 2.74. The van der Waals surface area contributed by atoms with E-state index < -0.39 is 11.7 Å². The molecule has 1 aromatic heterocycles. The normalized spacial score (nSPS) is 12.2. The van der Waals surface area contributed by atoms with Gasteiger partial charge in [0.05, 0.1) is 30.6 Å². The Morgan fingerprint density at radius 3 is 2.24 bits per heavy atom. The second-order valence-corrected chi connectivity index (χ2v) is 9.82. The molecule has 0 bridgehead atoms. The van der Waals surface area contributed by atoms with Crippen LogP contribution in [-0.2, 0) is 15.7 Å². The molecule has 1 unspecified atom stereocenters. The van der Waals surface area contributed by atoms with Gasteiger partial charge in [0, 0.05) is 17.3 Å². The number of ether oxygens (including phenoxy) is 2. The molecule has 0 spiro atoms. The lowest BCUT2D eigenvalue weighted by atomic mass is 9.94. The maximum Gasteiger partial charge on any atom is 0.416 e. The van der Waals surface area contributed by atoms with Crippen molar-refractivity contribution in [2.45, 2.75) is 45.7 Å². The number of alkyl halides is 3. The molecule has 9 heteroatoms. The summed E-state index contributed by atoms with van der Waals surface area (Å²) in [6, 6.07) is 12.6. The van der Waals surface area contributed by atoms with Gasteiger partial charge in [0.25, 0.3) is 5.91 Å². The lowest BCUT2D eigenvalue weighted by molar-refractivity contribution is -0.140. The molecule has 5 nitrogen and oxygen atoms in total. The van der Waals surface area contributed by atoms with Crippen molar-refractivity contribution in [2.75, 3.05) is 20.3 Å². The van der Waals surface area contributed by atoms with E-state index in [1.165, 1.54) is 30.6 Å². The predicted molar refractivity (Wildman–Crippen MR) is 138 cm³/mol. The van der Waals surface area contributed by atoms with Crippen molar-refractivity contribution in [3.05, 3.63) is 75.0 Å². The van der Waals surface area contributed by atoms with Gasteiger partial charge in [-0.25, -0.2) is 0 Å². The molecule has 2 aromatic carbocycles. The van der Waals surface area contributed by atoms with E-state index in [9.17, 15) is 22.8 Å². The number of methoxy groups -OCH3 is 1. The molecule has 1 N–H and O–H groups in total. The van der Waals surface area contributed by atoms with Crippen molar-refractivity contribution in [1.29, 1.82) is 0 Å². The maximum absolute atomic E-state index is 12.9. The van der Waals surface area contributed by atoms with Gasteiger partial charge in [0.15, 0.2) is 0 Å². The summed E-state index contributed by atoms with van der Waals surface area (Å²) in [6.07, 6.45) is -3.44. The molecule has 1 amide bonds. The highest BCUT2D eigenvalue weighted by Gasteiger charge is 2.30. The number of carbonyl (C=O) groups is 2. The fourth-order valence-electron chi connectivity index (χ4n) is 4.05. The highest BCUT2D eigenvalue weighted by atomic mass is 32.1. The SMILES string of the molecule is CCC(COc1cc(C)c(-c2ccc(C(F)(F)F)cc2)c(C)c1)c1ccc(C(=O)NCCC(=O)OC)s1. The fraction of sp³-hybridized carbons (Fsp3) is 0.357. The number of hydrogen-bond acceptors (Lipinski definition) is 5. The number of esters is 1. The Balaban J connectivity index is 1.65. The molecule has 0 saturated carbocycles. The van der Waals surface area contributed by atoms with Crippen LogP contribution in [0.15, 0.2) is 48.5 Å². The van der Waals surface area contributed by atoms with Gasteiger partial charge in [0.2, 0.25) is 0 Å². The molecule has 0 radical (unpaired) electrons. The molecule has 3 rings (SSSR count). The van der Waals surface area contributed by atoms with Crippen LogP contribution in [0.4, 0.5) is 13.2 Å². The van der Waals surface area contributed by atoms with E-state index in [1.54, 1.807) is 6.07 Å². The number of hydrogen-bond donors (Lipinski definition) is 1. The zero-order valence-electron chi connectivity index (χ0n) is 21.2. The van der Waals surface area contributed by atoms with Crippen LogP contribution < -0.4 is 10.1 Å². The van der Waals surface area contributed by atoms with Crippen molar-refractivity contribution in [3.8, 4) is 16.9 Å². The van der Waals surface area contributed by atoms with Gasteiger partial charge in [0.1, 0.15) is 5.75 Å². The summed E-state index contributed by atoms with van der Waals surface area (Å²) in [4.78, 5) is 25.2. The third-order valence-electron chi connectivity index (χ3n) is 6.05. The van der Waals surface area contributed by atoms with Crippen LogP contribution in [-0.4, -0.2) is 32.1 Å². The number of carbonyl (C=O) groups excluding carboxylic acids is 2. The minimum absolute atomic E-state index is 0.0804. The van der Waals surface area contributed by atoms with Gasteiger partial charge in [-0.3, -0.25) is 9.59 Å². The summed E-state index contributed by atoms with van der Waals surface area (Å²) in [7, 11) is 1.30. The number of aryl methyl sites for hydroxylation is 2. The van der Waals surface area contributed by atoms with Crippen LogP contribution in [0.1, 0.15) is 56.9 Å². The van der Waals surface area contributed by atoms with Crippen molar-refractivity contribution in [3.63, 3.8) is 0 Å². The number of thiophene rings is 1. The average Bonchev–Trinajstić information content (AvgIpc) is 3.34. The zero-order chi connectivity index (χ0) is 27.2. The molecule has 0 aliphatic carbocycles. The van der Waals surface area contributed by atoms with Gasteiger partial charge < -0.3 is 14.8 Å². The standard InChI is InChI=1S/C28H30F3NO4S/c1-5-19(23-10-11-24(37-23)27(34)32-13-12-25(33)35-4)16-36-22-14-17(2)26(18(3)15-22)20-6-8-21(9-7-20)28(29,30)31/h6-11,14-15,19H,5,12-13,16H2,1-4H3,(H,32,34). The quantitative estimate of drug-likeness (QED) is 0.288. The molecule has 0 aliphatic heterocycles. The molecule has 1 heterocycles. The van der Waals surface area contributed by atoms with Crippen LogP contribution in [0.25, 0.3) is 11.1 Å². The van der Waals surface area contributed by atoms with Gasteiger partial charge in [-0.05, 0) is 78.9 Å². The Morgan fingerprint density at radius 2 is 1.68 bits per heavy atom. The molecule has 1 atom stereocenters. The zero-order valence-corrected chi connectivity index (χ0v) is 22.0. The summed E-state index contributed by atoms with van der Waals surface area (Å²) in [6.45, 7) is 6.50. The first-order valence-electron chi connectivity index (χ1n) is 11.9. The Kier molecular flexibility index (Phi) is 9.37. The van der Waals surface area contributed by atoms with E-state index in [4.69, 9.17) is 4.74 Å². The van der Waals surface area contributed by atoms with Gasteiger partial charge >= 0.3 is 12.1 Å². The smallest absolute Gasteiger partial charge is 0.416 e. The lowest BCUT2D eigenvalue weighted by Gasteiger charge is -2.17. The van der Waals surface area contributed by atoms with Gasteiger partial charge in [-0.1, -0.05) is 19.1 Å². The van der Waals surface area contributed by atoms with Crippen molar-refractivity contribution < 1.29 is 32.2 Å². The Morgan fingerprint density at radius 1 is 1.03 bits per heavy atom. The molecular weight excluding hydrogens is 503 g/mol. The molecule has 0 fully saturated rings. The highest BCUT2D eigenvalue weighted by molar-refractivity contribution is 7.14. The van der Waals surface area contributed by atoms with E-state index >= 15 is 0 Å². The number of benzene rings is 2. The predicted octanol–water partition coefficient (Wildman–Crippen LogP) is 6.92. The summed E-state index contributed by atoms with van der Waals surface area (Å²) < 4.78 is 49.4. The minimum atomic E-state index is -4.37. The van der Waals surface area contributed by atoms with Crippen LogP contribution in [0.2, 0.25) is 0 Å². The van der Waals surface area contributed by atoms with Crippen LogP contribution in [0.5, 0.6) is 5.75 Å². The average molecular weight is 534 g/mol.